The van der Waals surface area contributed by atoms with Crippen molar-refractivity contribution in [1.29, 1.82) is 0 Å². The molecule has 126 valence electrons. The maximum Gasteiger partial charge on any atom is 0.225 e. The number of amides is 1. The molecule has 5 nitrogen and oxygen atoms in total. The minimum Gasteiger partial charge on any atom is -0.356 e. The monoisotopic (exact) mass is 308 g/mol. The Morgan fingerprint density at radius 3 is 2.64 bits per heavy atom. The van der Waals surface area contributed by atoms with Crippen molar-refractivity contribution >= 4 is 11.9 Å². The Kier molecular flexibility index (Phi) is 6.52. The number of hydrogen-bond acceptors (Lipinski definition) is 2. The summed E-state index contributed by atoms with van der Waals surface area (Å²) >= 11 is 0. The first-order valence-electron chi connectivity index (χ1n) is 8.86. The minimum absolute atomic E-state index is 0.294. The van der Waals surface area contributed by atoms with Crippen LogP contribution in [0.3, 0.4) is 0 Å². The van der Waals surface area contributed by atoms with Crippen LogP contribution in [0.15, 0.2) is 4.99 Å². The van der Waals surface area contributed by atoms with Crippen LogP contribution in [0.25, 0.3) is 0 Å². The highest BCUT2D eigenvalue weighted by Crippen LogP contribution is 2.27. The van der Waals surface area contributed by atoms with Crippen molar-refractivity contribution in [3.63, 3.8) is 0 Å². The van der Waals surface area contributed by atoms with E-state index in [0.717, 1.165) is 51.3 Å². The second-order valence-corrected chi connectivity index (χ2v) is 7.08. The van der Waals surface area contributed by atoms with Crippen molar-refractivity contribution in [3.8, 4) is 0 Å². The first kappa shape index (κ1) is 17.1. The Labute approximate surface area is 134 Å². The molecule has 0 aromatic rings. The lowest BCUT2D eigenvalue weighted by Gasteiger charge is -2.21. The highest BCUT2D eigenvalue weighted by molar-refractivity contribution is 5.81. The number of nitrogens with zero attached hydrogens (tertiary/aromatic N) is 2. The fourth-order valence-electron chi connectivity index (χ4n) is 3.38. The van der Waals surface area contributed by atoms with E-state index >= 15 is 0 Å². The molecule has 22 heavy (non-hydrogen) atoms. The van der Waals surface area contributed by atoms with Gasteiger partial charge in [-0.1, -0.05) is 26.7 Å². The van der Waals surface area contributed by atoms with Crippen LogP contribution < -0.4 is 10.6 Å². The molecular weight excluding hydrogens is 276 g/mol. The summed E-state index contributed by atoms with van der Waals surface area (Å²) in [7, 11) is 1.81. The van der Waals surface area contributed by atoms with Crippen molar-refractivity contribution < 1.29 is 4.79 Å². The third-order valence-corrected chi connectivity index (χ3v) is 4.78. The molecular formula is C17H32N4O. The molecule has 2 N–H and O–H groups in total. The molecule has 1 saturated carbocycles. The van der Waals surface area contributed by atoms with Crippen molar-refractivity contribution in [2.75, 3.05) is 26.7 Å². The van der Waals surface area contributed by atoms with Crippen LogP contribution in [0.4, 0.5) is 0 Å². The third kappa shape index (κ3) is 4.89. The van der Waals surface area contributed by atoms with E-state index in [9.17, 15) is 4.79 Å². The number of aliphatic imine (C=N–C) groups is 1. The van der Waals surface area contributed by atoms with E-state index in [2.05, 4.69) is 34.4 Å². The standard InChI is InChI=1S/C17H32N4O/c1-13(2)8-10-19-17(18-3)20-15-9-11-21(12-15)16(22)14-6-4-5-7-14/h13-15H,4-12H2,1-3H3,(H2,18,19,20). The van der Waals surface area contributed by atoms with Crippen molar-refractivity contribution in [3.05, 3.63) is 0 Å². The number of hydrogen-bond donors (Lipinski definition) is 2. The van der Waals surface area contributed by atoms with Crippen LogP contribution in [-0.2, 0) is 4.79 Å². The molecule has 0 aromatic heterocycles. The normalized spacial score (nSPS) is 23.4. The van der Waals surface area contributed by atoms with Gasteiger partial charge in [0.1, 0.15) is 0 Å². The number of nitrogens with one attached hydrogen (secondary N) is 2. The van der Waals surface area contributed by atoms with Gasteiger partial charge in [0.15, 0.2) is 5.96 Å². The van der Waals surface area contributed by atoms with Gasteiger partial charge in [-0.25, -0.2) is 0 Å². The summed E-state index contributed by atoms with van der Waals surface area (Å²) in [5, 5.41) is 6.82. The summed E-state index contributed by atoms with van der Waals surface area (Å²) in [6.45, 7) is 7.09. The Hall–Kier alpha value is -1.26. The summed E-state index contributed by atoms with van der Waals surface area (Å²) in [6, 6.07) is 0.329. The first-order chi connectivity index (χ1) is 10.6. The second kappa shape index (κ2) is 8.39. The molecule has 2 aliphatic rings. The maximum atomic E-state index is 12.4. The van der Waals surface area contributed by atoms with E-state index < -0.39 is 0 Å². The zero-order valence-electron chi connectivity index (χ0n) is 14.4. The molecule has 1 saturated heterocycles. The molecule has 0 radical (unpaired) electrons. The topological polar surface area (TPSA) is 56.7 Å². The Bertz CT molecular complexity index is 388. The Morgan fingerprint density at radius 1 is 1.27 bits per heavy atom. The smallest absolute Gasteiger partial charge is 0.225 e. The molecule has 5 heteroatoms. The van der Waals surface area contributed by atoms with E-state index in [4.69, 9.17) is 0 Å². The van der Waals surface area contributed by atoms with Crippen LogP contribution in [0.5, 0.6) is 0 Å². The van der Waals surface area contributed by atoms with Gasteiger partial charge in [-0.3, -0.25) is 9.79 Å². The van der Waals surface area contributed by atoms with Crippen LogP contribution >= 0.6 is 0 Å². The maximum absolute atomic E-state index is 12.4. The van der Waals surface area contributed by atoms with E-state index in [0.29, 0.717) is 23.8 Å². The molecule has 1 heterocycles. The molecule has 2 fully saturated rings. The van der Waals surface area contributed by atoms with Crippen molar-refractivity contribution in [2.24, 2.45) is 16.8 Å². The van der Waals surface area contributed by atoms with Crippen LogP contribution in [0.2, 0.25) is 0 Å². The Balaban J connectivity index is 1.73. The first-order valence-corrected chi connectivity index (χ1v) is 8.86. The largest absolute Gasteiger partial charge is 0.356 e. The second-order valence-electron chi connectivity index (χ2n) is 7.08. The number of carbonyl (C=O) groups is 1. The molecule has 1 unspecified atom stereocenters. The summed E-state index contributed by atoms with van der Waals surface area (Å²) in [4.78, 5) is 18.8. The minimum atomic E-state index is 0.294. The lowest BCUT2D eigenvalue weighted by molar-refractivity contribution is -0.134. The molecule has 1 atom stereocenters. The molecule has 0 bridgehead atoms. The molecule has 1 aliphatic carbocycles. The Morgan fingerprint density at radius 2 is 2.00 bits per heavy atom. The van der Waals surface area contributed by atoms with Crippen LogP contribution in [0.1, 0.15) is 52.4 Å². The van der Waals surface area contributed by atoms with Gasteiger partial charge < -0.3 is 15.5 Å². The summed E-state index contributed by atoms with van der Waals surface area (Å²) in [6.07, 6.45) is 6.77. The summed E-state index contributed by atoms with van der Waals surface area (Å²) in [5.41, 5.74) is 0. The van der Waals surface area contributed by atoms with Gasteiger partial charge in [0.05, 0.1) is 0 Å². The predicted octanol–water partition coefficient (Wildman–Crippen LogP) is 1.99. The van der Waals surface area contributed by atoms with E-state index in [1.54, 1.807) is 7.05 Å². The third-order valence-electron chi connectivity index (χ3n) is 4.78. The lowest BCUT2D eigenvalue weighted by Crippen LogP contribution is -2.45. The molecule has 2 rings (SSSR count). The van der Waals surface area contributed by atoms with E-state index in [1.165, 1.54) is 12.8 Å². The summed E-state index contributed by atoms with van der Waals surface area (Å²) < 4.78 is 0. The van der Waals surface area contributed by atoms with Gasteiger partial charge >= 0.3 is 0 Å². The zero-order valence-corrected chi connectivity index (χ0v) is 14.4. The number of carbonyl (C=O) groups excluding carboxylic acids is 1. The molecule has 1 aliphatic heterocycles. The van der Waals surface area contributed by atoms with Crippen LogP contribution in [-0.4, -0.2) is 49.5 Å². The fraction of sp³-hybridized carbons (Fsp3) is 0.882. The predicted molar refractivity (Wildman–Crippen MR) is 90.9 cm³/mol. The van der Waals surface area contributed by atoms with Gasteiger partial charge in [-0.05, 0) is 31.6 Å². The van der Waals surface area contributed by atoms with Gasteiger partial charge in [0.2, 0.25) is 5.91 Å². The van der Waals surface area contributed by atoms with Gasteiger partial charge in [-0.15, -0.1) is 0 Å². The molecule has 0 spiro atoms. The zero-order chi connectivity index (χ0) is 15.9. The number of likely N-dealkylation sites (tertiary alicyclic amines) is 1. The number of rotatable bonds is 5. The average molecular weight is 308 g/mol. The SMILES string of the molecule is CN=C(NCCC(C)C)NC1CCN(C(=O)C2CCCC2)C1. The quantitative estimate of drug-likeness (QED) is 0.603. The van der Waals surface area contributed by atoms with Crippen molar-refractivity contribution in [2.45, 2.75) is 58.4 Å². The molecule has 0 aromatic carbocycles. The van der Waals surface area contributed by atoms with Crippen molar-refractivity contribution in [1.82, 2.24) is 15.5 Å². The lowest BCUT2D eigenvalue weighted by atomic mass is 10.1. The fourth-order valence-corrected chi connectivity index (χ4v) is 3.38. The van der Waals surface area contributed by atoms with Crippen LogP contribution in [0, 0.1) is 11.8 Å². The van der Waals surface area contributed by atoms with Gasteiger partial charge in [-0.2, -0.15) is 0 Å². The van der Waals surface area contributed by atoms with E-state index in [-0.39, 0.29) is 0 Å². The highest BCUT2D eigenvalue weighted by atomic mass is 16.2. The van der Waals surface area contributed by atoms with E-state index in [1.807, 2.05) is 0 Å². The highest BCUT2D eigenvalue weighted by Gasteiger charge is 2.32. The van der Waals surface area contributed by atoms with Gasteiger partial charge in [0, 0.05) is 38.6 Å². The average Bonchev–Trinajstić information content (AvgIpc) is 3.16. The number of guanidine groups is 1. The van der Waals surface area contributed by atoms with Gasteiger partial charge in [0.25, 0.3) is 0 Å². The molecule has 1 amide bonds. The summed E-state index contributed by atoms with van der Waals surface area (Å²) in [5.74, 6) is 2.23.